The summed E-state index contributed by atoms with van der Waals surface area (Å²) in [4.78, 5) is 14.2. The number of nitrogens with two attached hydrogens (primary N) is 1. The first-order chi connectivity index (χ1) is 9.51. The van der Waals surface area contributed by atoms with Crippen LogP contribution in [-0.2, 0) is 7.05 Å². The van der Waals surface area contributed by atoms with Crippen LogP contribution in [0.2, 0.25) is 0 Å². The number of hydrogen-bond donors (Lipinski definition) is 2. The molecule has 3 N–H and O–H groups in total. The van der Waals surface area contributed by atoms with Crippen LogP contribution in [0, 0.1) is 10.1 Å². The number of nitro benzene ring substituents is 1. The molecule has 0 bridgehead atoms. The van der Waals surface area contributed by atoms with Gasteiger partial charge in [-0.05, 0) is 12.1 Å². The Labute approximate surface area is 112 Å². The number of aromatic nitrogens is 3. The number of benzene rings is 1. The number of ether oxygens (including phenoxy) is 1. The van der Waals surface area contributed by atoms with Crippen molar-refractivity contribution in [1.29, 1.82) is 0 Å². The van der Waals surface area contributed by atoms with Crippen LogP contribution in [-0.4, -0.2) is 30.7 Å². The minimum Gasteiger partial charge on any atom is -0.416 e. The molecule has 10 heteroatoms. The summed E-state index contributed by atoms with van der Waals surface area (Å²) in [7, 11) is 1.63. The predicted molar refractivity (Wildman–Crippen MR) is 66.7 cm³/mol. The standard InChI is InChI=1S/C10H10N6O4/c1-15-5-12-10(13-15)20-8-3-2-6(9(11)14-17)4-7(8)16(18)19/h2-5,17H,1H3,(H2,11,14). The molecule has 0 saturated carbocycles. The average molecular weight is 278 g/mol. The number of amidine groups is 1. The van der Waals surface area contributed by atoms with Crippen LogP contribution >= 0.6 is 0 Å². The van der Waals surface area contributed by atoms with Gasteiger partial charge in [0, 0.05) is 18.7 Å². The number of nitrogens with zero attached hydrogens (tertiary/aromatic N) is 5. The maximum Gasteiger partial charge on any atom is 0.341 e. The average Bonchev–Trinajstić information content (AvgIpc) is 2.83. The summed E-state index contributed by atoms with van der Waals surface area (Å²) in [5.74, 6) is -0.286. The normalized spacial score (nSPS) is 11.3. The second kappa shape index (κ2) is 5.22. The first-order valence-electron chi connectivity index (χ1n) is 5.31. The van der Waals surface area contributed by atoms with Crippen LogP contribution in [0.1, 0.15) is 5.56 Å². The van der Waals surface area contributed by atoms with E-state index in [1.807, 2.05) is 0 Å². The number of hydrogen-bond acceptors (Lipinski definition) is 7. The summed E-state index contributed by atoms with van der Waals surface area (Å²) < 4.78 is 6.63. The molecule has 0 saturated heterocycles. The van der Waals surface area contributed by atoms with Crippen molar-refractivity contribution in [3.63, 3.8) is 0 Å². The van der Waals surface area contributed by atoms with E-state index in [0.717, 1.165) is 6.07 Å². The van der Waals surface area contributed by atoms with Crippen LogP contribution in [0.3, 0.4) is 0 Å². The monoisotopic (exact) mass is 278 g/mol. The first-order valence-corrected chi connectivity index (χ1v) is 5.31. The van der Waals surface area contributed by atoms with E-state index in [2.05, 4.69) is 15.2 Å². The zero-order valence-corrected chi connectivity index (χ0v) is 10.3. The van der Waals surface area contributed by atoms with Crippen molar-refractivity contribution in [3.8, 4) is 11.8 Å². The van der Waals surface area contributed by atoms with E-state index >= 15 is 0 Å². The van der Waals surface area contributed by atoms with Crippen LogP contribution < -0.4 is 10.5 Å². The first kappa shape index (κ1) is 13.3. The highest BCUT2D eigenvalue weighted by atomic mass is 16.6. The summed E-state index contributed by atoms with van der Waals surface area (Å²) >= 11 is 0. The second-order valence-electron chi connectivity index (χ2n) is 3.73. The van der Waals surface area contributed by atoms with Gasteiger partial charge in [0.05, 0.1) is 4.92 Å². The molecule has 0 radical (unpaired) electrons. The molecule has 10 nitrogen and oxygen atoms in total. The van der Waals surface area contributed by atoms with E-state index in [0.29, 0.717) is 0 Å². The van der Waals surface area contributed by atoms with Gasteiger partial charge in [-0.3, -0.25) is 14.8 Å². The van der Waals surface area contributed by atoms with E-state index < -0.39 is 4.92 Å². The van der Waals surface area contributed by atoms with Crippen molar-refractivity contribution in [2.75, 3.05) is 0 Å². The van der Waals surface area contributed by atoms with Crippen molar-refractivity contribution in [1.82, 2.24) is 14.8 Å². The van der Waals surface area contributed by atoms with Gasteiger partial charge in [-0.1, -0.05) is 5.16 Å². The molecule has 1 aromatic carbocycles. The largest absolute Gasteiger partial charge is 0.416 e. The van der Waals surface area contributed by atoms with E-state index in [4.69, 9.17) is 15.7 Å². The maximum atomic E-state index is 11.0. The highest BCUT2D eigenvalue weighted by Gasteiger charge is 2.19. The zero-order valence-electron chi connectivity index (χ0n) is 10.3. The molecule has 0 aliphatic heterocycles. The van der Waals surface area contributed by atoms with Gasteiger partial charge in [0.25, 0.3) is 0 Å². The lowest BCUT2D eigenvalue weighted by molar-refractivity contribution is -0.385. The van der Waals surface area contributed by atoms with Gasteiger partial charge in [-0.15, -0.1) is 5.10 Å². The Morgan fingerprint density at radius 2 is 2.35 bits per heavy atom. The van der Waals surface area contributed by atoms with Gasteiger partial charge < -0.3 is 15.7 Å². The molecule has 0 aliphatic rings. The Kier molecular flexibility index (Phi) is 3.46. The molecule has 0 fully saturated rings. The zero-order chi connectivity index (χ0) is 14.7. The van der Waals surface area contributed by atoms with Crippen molar-refractivity contribution in [3.05, 3.63) is 40.2 Å². The number of oxime groups is 1. The smallest absolute Gasteiger partial charge is 0.341 e. The molecule has 104 valence electrons. The molecule has 2 rings (SSSR count). The van der Waals surface area contributed by atoms with Crippen LogP contribution in [0.15, 0.2) is 29.7 Å². The van der Waals surface area contributed by atoms with Crippen molar-refractivity contribution in [2.45, 2.75) is 0 Å². The van der Waals surface area contributed by atoms with Crippen LogP contribution in [0.5, 0.6) is 11.8 Å². The van der Waals surface area contributed by atoms with E-state index in [1.54, 1.807) is 7.05 Å². The molecule has 1 aromatic heterocycles. The molecular weight excluding hydrogens is 268 g/mol. The van der Waals surface area contributed by atoms with E-state index in [9.17, 15) is 10.1 Å². The van der Waals surface area contributed by atoms with Gasteiger partial charge >= 0.3 is 11.7 Å². The molecule has 2 aromatic rings. The Hall–Kier alpha value is -3.17. The molecule has 1 heterocycles. The SMILES string of the molecule is Cn1cnc(Oc2ccc(/C(N)=N/O)cc2[N+](=O)[O-])n1. The van der Waals surface area contributed by atoms with Crippen LogP contribution in [0.25, 0.3) is 0 Å². The third kappa shape index (κ3) is 2.63. The molecule has 20 heavy (non-hydrogen) atoms. The van der Waals surface area contributed by atoms with Crippen molar-refractivity contribution >= 4 is 11.5 Å². The molecule has 0 spiro atoms. The Bertz CT molecular complexity index is 680. The lowest BCUT2D eigenvalue weighted by Gasteiger charge is -2.04. The quantitative estimate of drug-likeness (QED) is 0.274. The maximum absolute atomic E-state index is 11.0. The fraction of sp³-hybridized carbons (Fsp3) is 0.100. The summed E-state index contributed by atoms with van der Waals surface area (Å²) in [5, 5.41) is 26.2. The summed E-state index contributed by atoms with van der Waals surface area (Å²) in [6, 6.07) is 3.85. The summed E-state index contributed by atoms with van der Waals surface area (Å²) in [5.41, 5.74) is 5.23. The van der Waals surface area contributed by atoms with Gasteiger partial charge in [0.15, 0.2) is 5.84 Å². The van der Waals surface area contributed by atoms with Crippen molar-refractivity contribution < 1.29 is 14.9 Å². The number of rotatable bonds is 4. The van der Waals surface area contributed by atoms with Gasteiger partial charge in [0.1, 0.15) is 6.33 Å². The minimum absolute atomic E-state index is 0.0212. The highest BCUT2D eigenvalue weighted by Crippen LogP contribution is 2.30. The minimum atomic E-state index is -0.646. The van der Waals surface area contributed by atoms with Crippen LogP contribution in [0.4, 0.5) is 5.69 Å². The Morgan fingerprint density at radius 1 is 1.60 bits per heavy atom. The van der Waals surface area contributed by atoms with Gasteiger partial charge in [0.2, 0.25) is 5.75 Å². The lowest BCUT2D eigenvalue weighted by atomic mass is 10.2. The van der Waals surface area contributed by atoms with Gasteiger partial charge in [-0.25, -0.2) is 0 Å². The topological polar surface area (TPSA) is 142 Å². The highest BCUT2D eigenvalue weighted by molar-refractivity contribution is 5.97. The molecular formula is C10H10N6O4. The van der Waals surface area contributed by atoms with E-state index in [1.165, 1.54) is 23.1 Å². The molecule has 0 amide bonds. The second-order valence-corrected chi connectivity index (χ2v) is 3.73. The summed E-state index contributed by atoms with van der Waals surface area (Å²) in [6.45, 7) is 0. The fourth-order valence-electron chi connectivity index (χ4n) is 1.43. The molecule has 0 unspecified atom stereocenters. The molecule has 0 atom stereocenters. The number of nitro groups is 1. The van der Waals surface area contributed by atoms with Crippen molar-refractivity contribution in [2.24, 2.45) is 17.9 Å². The Balaban J connectivity index is 2.40. The number of aryl methyl sites for hydroxylation is 1. The third-order valence-electron chi connectivity index (χ3n) is 2.34. The summed E-state index contributed by atoms with van der Waals surface area (Å²) in [6.07, 6.45) is 1.39. The lowest BCUT2D eigenvalue weighted by Crippen LogP contribution is -2.13. The fourth-order valence-corrected chi connectivity index (χ4v) is 1.43. The molecule has 0 aliphatic carbocycles. The predicted octanol–water partition coefficient (Wildman–Crippen LogP) is 0.610. The van der Waals surface area contributed by atoms with E-state index in [-0.39, 0.29) is 28.8 Å². The third-order valence-corrected chi connectivity index (χ3v) is 2.34. The Morgan fingerprint density at radius 3 is 2.90 bits per heavy atom. The van der Waals surface area contributed by atoms with Gasteiger partial charge in [-0.2, -0.15) is 4.98 Å².